The molecule has 1 aromatic carbocycles. The smallest absolute Gasteiger partial charge is 0.165 e. The van der Waals surface area contributed by atoms with Crippen LogP contribution >= 0.6 is 0 Å². The molecule has 2 rings (SSSR count). The predicted molar refractivity (Wildman–Crippen MR) is 72.1 cm³/mol. The number of para-hydroxylation sites is 1. The molecule has 3 N–H and O–H groups in total. The van der Waals surface area contributed by atoms with Gasteiger partial charge in [0.1, 0.15) is 0 Å². The number of hydrogen-bond acceptors (Lipinski definition) is 4. The summed E-state index contributed by atoms with van der Waals surface area (Å²) in [5.41, 5.74) is 7.45. The van der Waals surface area contributed by atoms with E-state index in [0.29, 0.717) is 5.92 Å². The Labute approximate surface area is 108 Å². The molecule has 1 atom stereocenters. The van der Waals surface area contributed by atoms with Crippen molar-refractivity contribution in [3.63, 3.8) is 0 Å². The molecular weight excluding hydrogens is 228 g/mol. The lowest BCUT2D eigenvalue weighted by atomic mass is 9.86. The molecule has 0 amide bonds. The van der Waals surface area contributed by atoms with Gasteiger partial charge < -0.3 is 20.5 Å². The van der Waals surface area contributed by atoms with Crippen LogP contribution in [0.1, 0.15) is 24.4 Å². The first-order valence-corrected chi connectivity index (χ1v) is 6.45. The van der Waals surface area contributed by atoms with E-state index in [1.54, 1.807) is 14.2 Å². The second-order valence-electron chi connectivity index (χ2n) is 4.70. The third-order valence-electron chi connectivity index (χ3n) is 3.68. The number of hydrogen-bond donors (Lipinski definition) is 2. The lowest BCUT2D eigenvalue weighted by Crippen LogP contribution is -2.33. The van der Waals surface area contributed by atoms with Crippen molar-refractivity contribution < 1.29 is 9.47 Å². The number of methoxy groups -OCH3 is 2. The number of ether oxygens (including phenoxy) is 2. The number of piperidine rings is 1. The molecule has 0 aromatic heterocycles. The average Bonchev–Trinajstić information content (AvgIpc) is 2.46. The van der Waals surface area contributed by atoms with E-state index in [9.17, 15) is 0 Å². The molecule has 0 saturated carbocycles. The van der Waals surface area contributed by atoms with Crippen LogP contribution in [0.3, 0.4) is 0 Å². The van der Waals surface area contributed by atoms with Gasteiger partial charge in [-0.3, -0.25) is 0 Å². The van der Waals surface area contributed by atoms with Crippen molar-refractivity contribution in [3.05, 3.63) is 23.8 Å². The van der Waals surface area contributed by atoms with E-state index < -0.39 is 0 Å². The molecule has 4 heteroatoms. The van der Waals surface area contributed by atoms with Gasteiger partial charge in [-0.25, -0.2) is 0 Å². The van der Waals surface area contributed by atoms with Crippen LogP contribution in [0.5, 0.6) is 11.5 Å². The molecule has 1 saturated heterocycles. The zero-order chi connectivity index (χ0) is 13.0. The minimum atomic E-state index is 0.0112. The third kappa shape index (κ3) is 2.60. The van der Waals surface area contributed by atoms with E-state index in [1.165, 1.54) is 0 Å². The summed E-state index contributed by atoms with van der Waals surface area (Å²) in [6.45, 7) is 2.09. The molecular formula is C14H22N2O2. The molecule has 1 heterocycles. The van der Waals surface area contributed by atoms with Crippen molar-refractivity contribution in [2.24, 2.45) is 11.7 Å². The fraction of sp³-hybridized carbons (Fsp3) is 0.571. The molecule has 0 aliphatic carbocycles. The number of nitrogens with two attached hydrogens (primary N) is 1. The third-order valence-corrected chi connectivity index (χ3v) is 3.68. The fourth-order valence-electron chi connectivity index (χ4n) is 2.63. The zero-order valence-electron chi connectivity index (χ0n) is 11.1. The normalized spacial score (nSPS) is 18.4. The topological polar surface area (TPSA) is 56.5 Å². The molecule has 1 aliphatic heterocycles. The van der Waals surface area contributed by atoms with Crippen molar-refractivity contribution in [3.8, 4) is 11.5 Å². The Morgan fingerprint density at radius 1 is 1.22 bits per heavy atom. The highest BCUT2D eigenvalue weighted by atomic mass is 16.5. The number of nitrogens with one attached hydrogen (secondary N) is 1. The Kier molecular flexibility index (Phi) is 4.44. The van der Waals surface area contributed by atoms with Gasteiger partial charge in [0.05, 0.1) is 14.2 Å². The summed E-state index contributed by atoms with van der Waals surface area (Å²) in [7, 11) is 3.31. The maximum Gasteiger partial charge on any atom is 0.165 e. The summed E-state index contributed by atoms with van der Waals surface area (Å²) in [5, 5.41) is 3.36. The number of benzene rings is 1. The van der Waals surface area contributed by atoms with Gasteiger partial charge in [-0.05, 0) is 37.9 Å². The lowest BCUT2D eigenvalue weighted by Gasteiger charge is -2.29. The molecule has 1 aromatic rings. The Balaban J connectivity index is 2.25. The van der Waals surface area contributed by atoms with Gasteiger partial charge in [0.2, 0.25) is 0 Å². The van der Waals surface area contributed by atoms with Crippen LogP contribution in [-0.2, 0) is 0 Å². The minimum Gasteiger partial charge on any atom is -0.493 e. The van der Waals surface area contributed by atoms with Crippen molar-refractivity contribution >= 4 is 0 Å². The van der Waals surface area contributed by atoms with E-state index in [2.05, 4.69) is 5.32 Å². The van der Waals surface area contributed by atoms with Crippen molar-refractivity contribution in [1.29, 1.82) is 0 Å². The highest BCUT2D eigenvalue weighted by Crippen LogP contribution is 2.38. The Morgan fingerprint density at radius 3 is 2.56 bits per heavy atom. The Morgan fingerprint density at radius 2 is 1.94 bits per heavy atom. The zero-order valence-corrected chi connectivity index (χ0v) is 11.1. The van der Waals surface area contributed by atoms with Crippen LogP contribution < -0.4 is 20.5 Å². The van der Waals surface area contributed by atoms with Crippen LogP contribution in [-0.4, -0.2) is 27.3 Å². The second-order valence-corrected chi connectivity index (χ2v) is 4.70. The molecule has 18 heavy (non-hydrogen) atoms. The van der Waals surface area contributed by atoms with E-state index in [4.69, 9.17) is 15.2 Å². The predicted octanol–water partition coefficient (Wildman–Crippen LogP) is 1.70. The first kappa shape index (κ1) is 13.2. The lowest BCUT2D eigenvalue weighted by molar-refractivity contribution is 0.306. The molecule has 0 spiro atoms. The van der Waals surface area contributed by atoms with Crippen LogP contribution in [0.2, 0.25) is 0 Å². The van der Waals surface area contributed by atoms with Gasteiger partial charge in [0.15, 0.2) is 11.5 Å². The Hall–Kier alpha value is -1.26. The van der Waals surface area contributed by atoms with Gasteiger partial charge in [-0.2, -0.15) is 0 Å². The largest absolute Gasteiger partial charge is 0.493 e. The maximum absolute atomic E-state index is 6.41. The Bertz CT molecular complexity index is 389. The highest BCUT2D eigenvalue weighted by molar-refractivity contribution is 5.48. The average molecular weight is 250 g/mol. The van der Waals surface area contributed by atoms with Gasteiger partial charge in [0, 0.05) is 11.6 Å². The van der Waals surface area contributed by atoms with Gasteiger partial charge >= 0.3 is 0 Å². The van der Waals surface area contributed by atoms with Crippen molar-refractivity contribution in [2.75, 3.05) is 27.3 Å². The first-order chi connectivity index (χ1) is 8.77. The van der Waals surface area contributed by atoms with Gasteiger partial charge in [-0.1, -0.05) is 12.1 Å². The molecule has 100 valence electrons. The standard InChI is InChI=1S/C14H22N2O2/c1-17-12-5-3-4-11(14(12)18-2)13(15)10-6-8-16-9-7-10/h3-5,10,13,16H,6-9,15H2,1-2H3/t13-/m1/s1. The number of rotatable bonds is 4. The van der Waals surface area contributed by atoms with E-state index >= 15 is 0 Å². The van der Waals surface area contributed by atoms with E-state index in [1.807, 2.05) is 18.2 Å². The molecule has 0 radical (unpaired) electrons. The molecule has 1 aliphatic rings. The van der Waals surface area contributed by atoms with Gasteiger partial charge in [-0.15, -0.1) is 0 Å². The SMILES string of the molecule is COc1cccc([C@H](N)C2CCNCC2)c1OC. The summed E-state index contributed by atoms with van der Waals surface area (Å²) in [6, 6.07) is 5.92. The summed E-state index contributed by atoms with van der Waals surface area (Å²) in [4.78, 5) is 0. The summed E-state index contributed by atoms with van der Waals surface area (Å²) >= 11 is 0. The summed E-state index contributed by atoms with van der Waals surface area (Å²) < 4.78 is 10.8. The van der Waals surface area contributed by atoms with E-state index in [0.717, 1.165) is 43.0 Å². The van der Waals surface area contributed by atoms with Crippen LogP contribution in [0, 0.1) is 5.92 Å². The molecule has 0 bridgehead atoms. The summed E-state index contributed by atoms with van der Waals surface area (Å²) in [6.07, 6.45) is 2.23. The quantitative estimate of drug-likeness (QED) is 0.854. The maximum atomic E-state index is 6.41. The monoisotopic (exact) mass is 250 g/mol. The van der Waals surface area contributed by atoms with Crippen molar-refractivity contribution in [1.82, 2.24) is 5.32 Å². The van der Waals surface area contributed by atoms with Crippen molar-refractivity contribution in [2.45, 2.75) is 18.9 Å². The minimum absolute atomic E-state index is 0.0112. The molecule has 1 fully saturated rings. The van der Waals surface area contributed by atoms with Crippen LogP contribution in [0.4, 0.5) is 0 Å². The van der Waals surface area contributed by atoms with Gasteiger partial charge in [0.25, 0.3) is 0 Å². The molecule has 0 unspecified atom stereocenters. The first-order valence-electron chi connectivity index (χ1n) is 6.45. The summed E-state index contributed by atoms with van der Waals surface area (Å²) in [5.74, 6) is 2.03. The molecule has 4 nitrogen and oxygen atoms in total. The second kappa shape index (κ2) is 6.07. The van der Waals surface area contributed by atoms with E-state index in [-0.39, 0.29) is 6.04 Å². The van der Waals surface area contributed by atoms with Crippen LogP contribution in [0.25, 0.3) is 0 Å². The highest BCUT2D eigenvalue weighted by Gasteiger charge is 2.25. The fourth-order valence-corrected chi connectivity index (χ4v) is 2.63. The van der Waals surface area contributed by atoms with Crippen LogP contribution in [0.15, 0.2) is 18.2 Å².